The number of nitrogens with one attached hydrogen (secondary N) is 2. The van der Waals surface area contributed by atoms with Crippen molar-refractivity contribution in [2.75, 3.05) is 75.7 Å². The molecule has 0 spiro atoms. The van der Waals surface area contributed by atoms with E-state index in [4.69, 9.17) is 29.5 Å². The molecule has 0 bridgehead atoms. The van der Waals surface area contributed by atoms with Crippen molar-refractivity contribution in [3.8, 4) is 12.4 Å². The van der Waals surface area contributed by atoms with Crippen molar-refractivity contribution in [3.63, 3.8) is 0 Å². The van der Waals surface area contributed by atoms with Crippen molar-refractivity contribution in [2.45, 2.75) is 49.6 Å². The molecule has 4 aliphatic rings. The van der Waals surface area contributed by atoms with E-state index in [2.05, 4.69) is 52.5 Å². The van der Waals surface area contributed by atoms with Crippen LogP contribution in [-0.2, 0) is 41.4 Å². The molecule has 16 nitrogen and oxygen atoms in total. The van der Waals surface area contributed by atoms with Crippen molar-refractivity contribution in [1.29, 1.82) is 10.5 Å². The Morgan fingerprint density at radius 2 is 1.00 bits per heavy atom. The Morgan fingerprint density at radius 3 is 1.33 bits per heavy atom. The maximum absolute atomic E-state index is 13.3. The molecule has 2 aromatic heterocycles. The van der Waals surface area contributed by atoms with E-state index in [0.717, 1.165) is 30.1 Å². The van der Waals surface area contributed by atoms with Crippen LogP contribution < -0.4 is 20.4 Å². The fourth-order valence-corrected chi connectivity index (χ4v) is 10.5. The third-order valence-corrected chi connectivity index (χ3v) is 14.7. The Labute approximate surface area is 406 Å². The number of hydrogen-bond donors (Lipinski definition) is 2. The second-order valence-corrected chi connectivity index (χ2v) is 20.6. The van der Waals surface area contributed by atoms with Crippen LogP contribution in [0.4, 0.5) is 11.4 Å². The number of halogens is 2. The number of carbonyl (C=O) groups excluding carboxylic acids is 4. The van der Waals surface area contributed by atoms with Gasteiger partial charge in [-0.25, -0.2) is 0 Å². The normalized spacial score (nSPS) is 22.1. The van der Waals surface area contributed by atoms with E-state index >= 15 is 0 Å². The lowest BCUT2D eigenvalue weighted by molar-refractivity contribution is -0.125. The number of hydrogen-bond acceptors (Lipinski definition) is 14. The summed E-state index contributed by atoms with van der Waals surface area (Å²) in [6.45, 7) is 4.56. The average Bonchev–Trinajstić information content (AvgIpc) is 4.12. The van der Waals surface area contributed by atoms with Gasteiger partial charge in [0.05, 0.1) is 57.0 Å². The first-order valence-corrected chi connectivity index (χ1v) is 24.4. The van der Waals surface area contributed by atoms with Gasteiger partial charge in [0.2, 0.25) is 12.4 Å². The summed E-state index contributed by atoms with van der Waals surface area (Å²) in [5, 5.41) is 23.9. The molecule has 4 fully saturated rings. The molecule has 20 heteroatoms. The number of amides is 2. The molecule has 2 amide bonds. The van der Waals surface area contributed by atoms with E-state index in [9.17, 15) is 19.2 Å². The Bertz CT molecular complexity index is 2350. The van der Waals surface area contributed by atoms with Crippen LogP contribution in [0.25, 0.3) is 0 Å². The number of ether oxygens (including phenoxy) is 4. The predicted molar refractivity (Wildman–Crippen MR) is 257 cm³/mol. The number of ketones is 2. The van der Waals surface area contributed by atoms with Crippen LogP contribution >= 0.6 is 54.5 Å². The van der Waals surface area contributed by atoms with Crippen molar-refractivity contribution in [3.05, 3.63) is 101 Å². The highest BCUT2D eigenvalue weighted by molar-refractivity contribution is 9.11. The highest BCUT2D eigenvalue weighted by atomic mass is 79.9. The molecule has 6 heterocycles. The minimum absolute atomic E-state index is 0.0772. The number of nitriles is 2. The second-order valence-electron chi connectivity index (χ2n) is 15.7. The standard InChI is InChI=1S/2C23H23BrN4O4S/c2*24-20-6-5-18(33-20)22(30)27-23(8-11-32-14-23)19(29)13-16-1-3-17(4-2-16)28-9-12-31-10-7-21(28)26-15-25/h2*1-6H,7-14H2,(H,27,30)/t2*23-/m10/s1. The third-order valence-electron chi connectivity index (χ3n) is 11.5. The number of amidine groups is 2. The zero-order valence-corrected chi connectivity index (χ0v) is 40.6. The van der Waals surface area contributed by atoms with E-state index in [-0.39, 0.29) is 49.4 Å². The molecule has 4 aliphatic heterocycles. The van der Waals surface area contributed by atoms with E-state index in [1.807, 2.05) is 82.8 Å². The molecule has 2 aromatic carbocycles. The Kier molecular flexibility index (Phi) is 17.0. The number of benzene rings is 2. The van der Waals surface area contributed by atoms with Gasteiger partial charge in [0.1, 0.15) is 22.7 Å². The van der Waals surface area contributed by atoms with Gasteiger partial charge in [-0.1, -0.05) is 24.3 Å². The van der Waals surface area contributed by atoms with Crippen molar-refractivity contribution in [2.24, 2.45) is 9.98 Å². The van der Waals surface area contributed by atoms with Gasteiger partial charge in [-0.15, -0.1) is 22.7 Å². The largest absolute Gasteiger partial charge is 0.379 e. The molecule has 8 rings (SSSR count). The van der Waals surface area contributed by atoms with Crippen LogP contribution in [0.15, 0.2) is 90.4 Å². The SMILES string of the molecule is N#CN=C1CCOCCN1c1ccc(CC(=O)[C@@]2(NC(=O)c3ccc(Br)s3)CCOC2)cc1.N#CN=C1CCOCCN1c1ccc(CC(=O)[C@]2(NC(=O)c3ccc(Br)s3)CCOC2)cc1. The summed E-state index contributed by atoms with van der Waals surface area (Å²) < 4.78 is 23.7. The zero-order valence-electron chi connectivity index (χ0n) is 35.8. The van der Waals surface area contributed by atoms with Crippen LogP contribution in [0.2, 0.25) is 0 Å². The van der Waals surface area contributed by atoms with Crippen LogP contribution in [0, 0.1) is 22.9 Å². The molecular weight excluding hydrogens is 1020 g/mol. The predicted octanol–water partition coefficient (Wildman–Crippen LogP) is 6.64. The Hall–Kier alpha value is -5.16. The summed E-state index contributed by atoms with van der Waals surface area (Å²) >= 11 is 9.37. The minimum atomic E-state index is -1.03. The van der Waals surface area contributed by atoms with Crippen molar-refractivity contribution < 1.29 is 38.1 Å². The van der Waals surface area contributed by atoms with Crippen molar-refractivity contribution >= 4 is 101 Å². The fraction of sp³-hybridized carbons (Fsp3) is 0.391. The summed E-state index contributed by atoms with van der Waals surface area (Å²) in [6.07, 6.45) is 6.12. The molecule has 4 saturated heterocycles. The summed E-state index contributed by atoms with van der Waals surface area (Å²) in [6, 6.07) is 22.3. The Morgan fingerprint density at radius 1 is 0.591 bits per heavy atom. The summed E-state index contributed by atoms with van der Waals surface area (Å²) in [4.78, 5) is 65.0. The molecule has 2 atom stereocenters. The highest BCUT2D eigenvalue weighted by Crippen LogP contribution is 2.29. The molecule has 66 heavy (non-hydrogen) atoms. The number of anilines is 2. The monoisotopic (exact) mass is 1060 g/mol. The first-order valence-electron chi connectivity index (χ1n) is 21.2. The molecule has 0 saturated carbocycles. The van der Waals surface area contributed by atoms with Gasteiger partial charge in [-0.3, -0.25) is 19.2 Å². The quantitative estimate of drug-likeness (QED) is 0.143. The first kappa shape index (κ1) is 48.8. The molecule has 2 N–H and O–H groups in total. The lowest BCUT2D eigenvalue weighted by Crippen LogP contribution is -2.55. The van der Waals surface area contributed by atoms with Gasteiger partial charge in [-0.05, 0) is 91.5 Å². The van der Waals surface area contributed by atoms with Gasteiger partial charge in [0, 0.05) is 76.2 Å². The van der Waals surface area contributed by atoms with E-state index < -0.39 is 11.1 Å². The maximum atomic E-state index is 13.3. The number of rotatable bonds is 12. The summed E-state index contributed by atoms with van der Waals surface area (Å²) in [7, 11) is 0. The number of thiophene rings is 2. The molecule has 4 aromatic rings. The lowest BCUT2D eigenvalue weighted by Gasteiger charge is -2.27. The van der Waals surface area contributed by atoms with Crippen molar-refractivity contribution in [1.82, 2.24) is 10.6 Å². The summed E-state index contributed by atoms with van der Waals surface area (Å²) in [5.74, 6) is 0.644. The molecule has 0 radical (unpaired) electrons. The van der Waals surface area contributed by atoms with Gasteiger partial charge < -0.3 is 39.4 Å². The summed E-state index contributed by atoms with van der Waals surface area (Å²) in [5.41, 5.74) is 1.41. The van der Waals surface area contributed by atoms with Gasteiger partial charge >= 0.3 is 0 Å². The fourth-order valence-electron chi connectivity index (χ4n) is 7.91. The van der Waals surface area contributed by atoms with Crippen LogP contribution in [0.3, 0.4) is 0 Å². The van der Waals surface area contributed by atoms with Crippen LogP contribution in [0.5, 0.6) is 0 Å². The third kappa shape index (κ3) is 12.2. The van der Waals surface area contributed by atoms with E-state index in [0.29, 0.717) is 99.8 Å². The zero-order chi connectivity index (χ0) is 46.5. The van der Waals surface area contributed by atoms with Gasteiger partial charge in [-0.2, -0.15) is 20.5 Å². The second kappa shape index (κ2) is 23.0. The van der Waals surface area contributed by atoms with Gasteiger partial charge in [0.25, 0.3) is 11.8 Å². The smallest absolute Gasteiger partial charge is 0.262 e. The van der Waals surface area contributed by atoms with Crippen LogP contribution in [-0.4, -0.2) is 112 Å². The number of nitrogens with zero attached hydrogens (tertiary/aromatic N) is 6. The topological polar surface area (TPSA) is 208 Å². The van der Waals surface area contributed by atoms with Gasteiger partial charge in [0.15, 0.2) is 11.6 Å². The van der Waals surface area contributed by atoms with E-state index in [1.165, 1.54) is 22.7 Å². The lowest BCUT2D eigenvalue weighted by atomic mass is 9.88. The molecule has 0 unspecified atom stereocenters. The first-order chi connectivity index (χ1) is 32.0. The number of aliphatic imine (C=N–C) groups is 2. The Balaban J connectivity index is 0.000000196. The maximum Gasteiger partial charge on any atom is 0.262 e. The highest BCUT2D eigenvalue weighted by Gasteiger charge is 2.44. The van der Waals surface area contributed by atoms with E-state index in [1.54, 1.807) is 12.1 Å². The number of carbonyl (C=O) groups is 4. The molecule has 344 valence electrons. The molecular formula is C46H46Br2N8O8S2. The average molecular weight is 1060 g/mol. The molecule has 0 aliphatic carbocycles. The number of Topliss-reactive ketones (excluding diaryl/α,β-unsaturated/α-hetero) is 2. The van der Waals surface area contributed by atoms with Crippen LogP contribution in [0.1, 0.15) is 56.2 Å². The minimum Gasteiger partial charge on any atom is -0.379 e.